The summed E-state index contributed by atoms with van der Waals surface area (Å²) in [5.41, 5.74) is 0. The lowest BCUT2D eigenvalue weighted by molar-refractivity contribution is -0.117. The van der Waals surface area contributed by atoms with E-state index in [-0.39, 0.29) is 0 Å². The molecule has 0 spiro atoms. The van der Waals surface area contributed by atoms with Gasteiger partial charge in [-0.1, -0.05) is 12.2 Å². The van der Waals surface area contributed by atoms with Gasteiger partial charge in [-0.25, -0.2) is 0 Å². The fourth-order valence-electron chi connectivity index (χ4n) is 2.08. The Morgan fingerprint density at radius 3 is 3.10 bits per heavy atom. The molecule has 0 aliphatic heterocycles. The summed E-state index contributed by atoms with van der Waals surface area (Å²) in [6.07, 6.45) is 8.57. The van der Waals surface area contributed by atoms with Crippen molar-refractivity contribution in [2.75, 3.05) is 0 Å². The van der Waals surface area contributed by atoms with Crippen molar-refractivity contribution in [1.82, 2.24) is 0 Å². The second-order valence-electron chi connectivity index (χ2n) is 3.38. The summed E-state index contributed by atoms with van der Waals surface area (Å²) < 4.78 is 0. The monoisotopic (exact) mass is 136 g/mol. The maximum atomic E-state index is 11.0. The Hall–Kier alpha value is -0.590. The van der Waals surface area contributed by atoms with Gasteiger partial charge in [-0.05, 0) is 24.7 Å². The van der Waals surface area contributed by atoms with Crippen LogP contribution in [-0.2, 0) is 4.79 Å². The summed E-state index contributed by atoms with van der Waals surface area (Å²) in [4.78, 5) is 11.0. The highest BCUT2D eigenvalue weighted by molar-refractivity contribution is 5.81. The third kappa shape index (κ3) is 0.898. The zero-order valence-corrected chi connectivity index (χ0v) is 6.05. The van der Waals surface area contributed by atoms with Crippen LogP contribution in [0.1, 0.15) is 25.7 Å². The summed E-state index contributed by atoms with van der Waals surface area (Å²) in [5.74, 6) is 1.79. The molecule has 10 heavy (non-hydrogen) atoms. The standard InChI is InChI=1S/C9H12O/c10-9-5-7-3-1-2-4-8(7)6-9/h1,3,7-8H,2,4-6H2. The molecule has 0 radical (unpaired) electrons. The lowest BCUT2D eigenvalue weighted by atomic mass is 9.87. The van der Waals surface area contributed by atoms with Gasteiger partial charge in [0.15, 0.2) is 0 Å². The SMILES string of the molecule is O=C1CC2C=CCCC2C1. The van der Waals surface area contributed by atoms with Crippen molar-refractivity contribution in [3.63, 3.8) is 0 Å². The third-order valence-electron chi connectivity index (χ3n) is 2.65. The summed E-state index contributed by atoms with van der Waals surface area (Å²) >= 11 is 0. The maximum absolute atomic E-state index is 11.0. The van der Waals surface area contributed by atoms with Crippen LogP contribution in [0.3, 0.4) is 0 Å². The predicted molar refractivity (Wildman–Crippen MR) is 39.6 cm³/mol. The Kier molecular flexibility index (Phi) is 1.37. The molecule has 2 rings (SSSR count). The van der Waals surface area contributed by atoms with Gasteiger partial charge < -0.3 is 0 Å². The quantitative estimate of drug-likeness (QED) is 0.465. The normalized spacial score (nSPS) is 38.2. The molecule has 2 unspecified atom stereocenters. The Morgan fingerprint density at radius 1 is 1.40 bits per heavy atom. The van der Waals surface area contributed by atoms with Crippen LogP contribution >= 0.6 is 0 Å². The van der Waals surface area contributed by atoms with Gasteiger partial charge in [0.1, 0.15) is 5.78 Å². The van der Waals surface area contributed by atoms with E-state index in [1.807, 2.05) is 0 Å². The molecular formula is C9H12O. The van der Waals surface area contributed by atoms with E-state index in [1.54, 1.807) is 0 Å². The maximum Gasteiger partial charge on any atom is 0.133 e. The Morgan fingerprint density at radius 2 is 2.30 bits per heavy atom. The number of hydrogen-bond donors (Lipinski definition) is 0. The highest BCUT2D eigenvalue weighted by Gasteiger charge is 2.31. The van der Waals surface area contributed by atoms with Crippen LogP contribution in [0.25, 0.3) is 0 Å². The molecule has 1 fully saturated rings. The van der Waals surface area contributed by atoms with Gasteiger partial charge in [-0.3, -0.25) is 4.79 Å². The second kappa shape index (κ2) is 2.22. The Balaban J connectivity index is 2.15. The molecule has 1 nitrogen and oxygen atoms in total. The molecule has 0 aromatic rings. The first kappa shape index (κ1) is 6.14. The van der Waals surface area contributed by atoms with Gasteiger partial charge in [-0.2, -0.15) is 0 Å². The number of rotatable bonds is 0. The number of Topliss-reactive ketones (excluding diaryl/α,β-unsaturated/α-hetero) is 1. The lowest BCUT2D eigenvalue weighted by Crippen LogP contribution is -2.07. The van der Waals surface area contributed by atoms with E-state index < -0.39 is 0 Å². The van der Waals surface area contributed by atoms with Gasteiger partial charge in [0.2, 0.25) is 0 Å². The van der Waals surface area contributed by atoms with Crippen molar-refractivity contribution in [1.29, 1.82) is 0 Å². The molecule has 2 aliphatic carbocycles. The van der Waals surface area contributed by atoms with Gasteiger partial charge in [0, 0.05) is 12.8 Å². The molecule has 0 N–H and O–H groups in total. The smallest absolute Gasteiger partial charge is 0.133 e. The second-order valence-corrected chi connectivity index (χ2v) is 3.38. The zero-order chi connectivity index (χ0) is 6.97. The van der Waals surface area contributed by atoms with Crippen molar-refractivity contribution < 1.29 is 4.79 Å². The molecule has 54 valence electrons. The highest BCUT2D eigenvalue weighted by Crippen LogP contribution is 2.36. The van der Waals surface area contributed by atoms with Crippen LogP contribution in [0.2, 0.25) is 0 Å². The molecule has 0 amide bonds. The summed E-state index contributed by atoms with van der Waals surface area (Å²) in [6, 6.07) is 0. The van der Waals surface area contributed by atoms with E-state index in [2.05, 4.69) is 12.2 Å². The van der Waals surface area contributed by atoms with Crippen molar-refractivity contribution in [2.45, 2.75) is 25.7 Å². The molecule has 0 saturated heterocycles. The first-order chi connectivity index (χ1) is 4.86. The van der Waals surface area contributed by atoms with E-state index in [1.165, 1.54) is 12.8 Å². The molecule has 0 aromatic carbocycles. The first-order valence-corrected chi connectivity index (χ1v) is 4.04. The van der Waals surface area contributed by atoms with Crippen LogP contribution in [0.5, 0.6) is 0 Å². The van der Waals surface area contributed by atoms with E-state index >= 15 is 0 Å². The number of fused-ring (bicyclic) bond motifs is 1. The third-order valence-corrected chi connectivity index (χ3v) is 2.65. The van der Waals surface area contributed by atoms with Crippen LogP contribution < -0.4 is 0 Å². The topological polar surface area (TPSA) is 17.1 Å². The average Bonchev–Trinajstić information content (AvgIpc) is 2.27. The van der Waals surface area contributed by atoms with Crippen LogP contribution in [0, 0.1) is 11.8 Å². The van der Waals surface area contributed by atoms with E-state index in [4.69, 9.17) is 0 Å². The number of hydrogen-bond acceptors (Lipinski definition) is 1. The molecule has 2 aliphatic rings. The fraction of sp³-hybridized carbons (Fsp3) is 0.667. The molecular weight excluding hydrogens is 124 g/mol. The summed E-state index contributed by atoms with van der Waals surface area (Å²) in [6.45, 7) is 0. The largest absolute Gasteiger partial charge is 0.300 e. The number of carbonyl (C=O) groups excluding carboxylic acids is 1. The molecule has 0 bridgehead atoms. The van der Waals surface area contributed by atoms with Crippen molar-refractivity contribution in [3.05, 3.63) is 12.2 Å². The molecule has 1 heteroatoms. The fourth-order valence-corrected chi connectivity index (χ4v) is 2.08. The van der Waals surface area contributed by atoms with Gasteiger partial charge in [0.25, 0.3) is 0 Å². The number of carbonyl (C=O) groups is 1. The average molecular weight is 136 g/mol. The lowest BCUT2D eigenvalue weighted by Gasteiger charge is -2.17. The van der Waals surface area contributed by atoms with Gasteiger partial charge in [-0.15, -0.1) is 0 Å². The van der Waals surface area contributed by atoms with Gasteiger partial charge in [0.05, 0.1) is 0 Å². The molecule has 2 atom stereocenters. The van der Waals surface area contributed by atoms with Gasteiger partial charge >= 0.3 is 0 Å². The molecule has 0 aromatic heterocycles. The van der Waals surface area contributed by atoms with Crippen LogP contribution in [-0.4, -0.2) is 5.78 Å². The van der Waals surface area contributed by atoms with Crippen molar-refractivity contribution >= 4 is 5.78 Å². The number of ketones is 1. The van der Waals surface area contributed by atoms with Crippen LogP contribution in [0.4, 0.5) is 0 Å². The minimum atomic E-state index is 0.474. The first-order valence-electron chi connectivity index (χ1n) is 4.04. The van der Waals surface area contributed by atoms with Crippen molar-refractivity contribution in [3.8, 4) is 0 Å². The van der Waals surface area contributed by atoms with E-state index in [0.717, 1.165) is 12.8 Å². The minimum absolute atomic E-state index is 0.474. The Labute approximate surface area is 61.1 Å². The summed E-state index contributed by atoms with van der Waals surface area (Å²) in [5, 5.41) is 0. The highest BCUT2D eigenvalue weighted by atomic mass is 16.1. The Bertz CT molecular complexity index is 181. The molecule has 0 heterocycles. The number of allylic oxidation sites excluding steroid dienone is 2. The minimum Gasteiger partial charge on any atom is -0.300 e. The van der Waals surface area contributed by atoms with Crippen molar-refractivity contribution in [2.24, 2.45) is 11.8 Å². The molecule has 1 saturated carbocycles. The summed E-state index contributed by atoms with van der Waals surface area (Å²) in [7, 11) is 0. The van der Waals surface area contributed by atoms with E-state index in [9.17, 15) is 4.79 Å². The zero-order valence-electron chi connectivity index (χ0n) is 6.05. The van der Waals surface area contributed by atoms with E-state index in [0.29, 0.717) is 17.6 Å². The van der Waals surface area contributed by atoms with Crippen LogP contribution in [0.15, 0.2) is 12.2 Å². The predicted octanol–water partition coefficient (Wildman–Crippen LogP) is 1.93.